The Morgan fingerprint density at radius 1 is 1.48 bits per heavy atom. The third-order valence-corrected chi connectivity index (χ3v) is 2.99. The van der Waals surface area contributed by atoms with Gasteiger partial charge in [-0.2, -0.15) is 5.10 Å². The van der Waals surface area contributed by atoms with Crippen molar-refractivity contribution in [2.75, 3.05) is 19.4 Å². The molecule has 23 heavy (non-hydrogen) atoms. The lowest BCUT2D eigenvalue weighted by Gasteiger charge is -2.13. The minimum atomic E-state index is -0.695. The van der Waals surface area contributed by atoms with Gasteiger partial charge in [-0.1, -0.05) is 5.10 Å². The molecule has 0 aliphatic rings. The standard InChI is InChI=1S/C12H15N7O4/c1-4-18-10(12(21)17(2)3)8(6-13-18)14-11(20)7-5-9(16-15-7)19(22)23/h5-6H,4H2,1-3H3,(H,14,20)(H,15,16). The fourth-order valence-electron chi connectivity index (χ4n) is 1.86. The van der Waals surface area contributed by atoms with E-state index >= 15 is 0 Å². The van der Waals surface area contributed by atoms with E-state index in [0.717, 1.165) is 6.07 Å². The molecule has 11 nitrogen and oxygen atoms in total. The lowest BCUT2D eigenvalue weighted by molar-refractivity contribution is -0.389. The van der Waals surface area contributed by atoms with Gasteiger partial charge in [0.25, 0.3) is 11.8 Å². The first-order chi connectivity index (χ1) is 10.8. The average molecular weight is 321 g/mol. The smallest absolute Gasteiger partial charge is 0.343 e. The summed E-state index contributed by atoms with van der Waals surface area (Å²) < 4.78 is 1.45. The van der Waals surface area contributed by atoms with Crippen LogP contribution in [0.5, 0.6) is 0 Å². The molecular weight excluding hydrogens is 306 g/mol. The third-order valence-electron chi connectivity index (χ3n) is 2.99. The number of rotatable bonds is 5. The zero-order chi connectivity index (χ0) is 17.1. The molecule has 0 unspecified atom stereocenters. The number of anilines is 1. The number of aromatic nitrogens is 4. The van der Waals surface area contributed by atoms with Gasteiger partial charge in [-0.25, -0.2) is 0 Å². The van der Waals surface area contributed by atoms with Crippen molar-refractivity contribution >= 4 is 23.3 Å². The van der Waals surface area contributed by atoms with Crippen molar-refractivity contribution < 1.29 is 14.5 Å². The molecule has 0 aromatic carbocycles. The quantitative estimate of drug-likeness (QED) is 0.607. The minimum Gasteiger partial charge on any atom is -0.358 e. The Bertz CT molecular complexity index is 761. The van der Waals surface area contributed by atoms with E-state index < -0.39 is 16.6 Å². The van der Waals surface area contributed by atoms with E-state index in [4.69, 9.17) is 0 Å². The molecule has 0 spiro atoms. The van der Waals surface area contributed by atoms with Gasteiger partial charge in [0.1, 0.15) is 5.69 Å². The van der Waals surface area contributed by atoms with Crippen LogP contribution in [0.4, 0.5) is 11.5 Å². The molecule has 0 aliphatic carbocycles. The molecule has 0 saturated carbocycles. The van der Waals surface area contributed by atoms with E-state index in [0.29, 0.717) is 6.54 Å². The second-order valence-corrected chi connectivity index (χ2v) is 4.77. The van der Waals surface area contributed by atoms with Crippen molar-refractivity contribution in [1.82, 2.24) is 24.9 Å². The second kappa shape index (κ2) is 6.25. The fraction of sp³-hybridized carbons (Fsp3) is 0.333. The molecule has 0 atom stereocenters. The summed E-state index contributed by atoms with van der Waals surface area (Å²) in [5.74, 6) is -1.41. The van der Waals surface area contributed by atoms with Crippen molar-refractivity contribution in [3.63, 3.8) is 0 Å². The van der Waals surface area contributed by atoms with E-state index in [1.807, 2.05) is 6.92 Å². The number of aromatic amines is 1. The Morgan fingerprint density at radius 3 is 2.70 bits per heavy atom. The maximum atomic E-state index is 12.2. The zero-order valence-electron chi connectivity index (χ0n) is 12.7. The van der Waals surface area contributed by atoms with E-state index in [-0.39, 0.29) is 23.0 Å². The van der Waals surface area contributed by atoms with Gasteiger partial charge < -0.3 is 20.3 Å². The van der Waals surface area contributed by atoms with E-state index in [2.05, 4.69) is 20.6 Å². The van der Waals surface area contributed by atoms with Gasteiger partial charge in [-0.15, -0.1) is 5.10 Å². The van der Waals surface area contributed by atoms with Gasteiger partial charge >= 0.3 is 5.82 Å². The van der Waals surface area contributed by atoms with Crippen LogP contribution < -0.4 is 5.32 Å². The van der Waals surface area contributed by atoms with Crippen LogP contribution in [0.3, 0.4) is 0 Å². The number of nitrogens with zero attached hydrogens (tertiary/aromatic N) is 5. The summed E-state index contributed by atoms with van der Waals surface area (Å²) in [6.45, 7) is 2.25. The fourth-order valence-corrected chi connectivity index (χ4v) is 1.86. The third kappa shape index (κ3) is 3.17. The number of nitrogens with one attached hydrogen (secondary N) is 2. The lowest BCUT2D eigenvalue weighted by Crippen LogP contribution is -2.26. The Balaban J connectivity index is 2.28. The molecule has 122 valence electrons. The first-order valence-corrected chi connectivity index (χ1v) is 6.63. The Labute approximate surface area is 130 Å². The number of nitro groups is 1. The average Bonchev–Trinajstić information content (AvgIpc) is 3.13. The largest absolute Gasteiger partial charge is 0.358 e. The van der Waals surface area contributed by atoms with E-state index in [9.17, 15) is 19.7 Å². The number of hydrogen-bond donors (Lipinski definition) is 2. The number of carbonyl (C=O) groups is 2. The minimum absolute atomic E-state index is 0.163. The van der Waals surface area contributed by atoms with Crippen LogP contribution in [0.15, 0.2) is 12.3 Å². The molecule has 2 aromatic rings. The zero-order valence-corrected chi connectivity index (χ0v) is 12.7. The summed E-state index contributed by atoms with van der Waals surface area (Å²) in [6.07, 6.45) is 1.35. The maximum absolute atomic E-state index is 12.2. The highest BCUT2D eigenvalue weighted by atomic mass is 16.6. The first kappa shape index (κ1) is 16.1. The molecule has 2 aromatic heterocycles. The highest BCUT2D eigenvalue weighted by molar-refractivity contribution is 6.07. The highest BCUT2D eigenvalue weighted by Gasteiger charge is 2.23. The molecule has 0 fully saturated rings. The molecular formula is C12H15N7O4. The van der Waals surface area contributed by atoms with Crippen molar-refractivity contribution in [3.8, 4) is 0 Å². The van der Waals surface area contributed by atoms with Gasteiger partial charge in [-0.05, 0) is 11.8 Å². The van der Waals surface area contributed by atoms with Crippen LogP contribution in [-0.4, -0.2) is 55.7 Å². The Kier molecular flexibility index (Phi) is 4.39. The van der Waals surface area contributed by atoms with Gasteiger partial charge in [0.15, 0.2) is 5.69 Å². The van der Waals surface area contributed by atoms with Crippen LogP contribution >= 0.6 is 0 Å². The number of amides is 2. The SMILES string of the molecule is CCn1ncc(NC(=O)c2cc([N+](=O)[O-])[nH]n2)c1C(=O)N(C)C. The summed E-state index contributed by atoms with van der Waals surface area (Å²) >= 11 is 0. The molecule has 2 N–H and O–H groups in total. The maximum Gasteiger partial charge on any atom is 0.343 e. The van der Waals surface area contributed by atoms with E-state index in [1.54, 1.807) is 14.1 Å². The van der Waals surface area contributed by atoms with Crippen LogP contribution in [-0.2, 0) is 6.54 Å². The predicted octanol–water partition coefficient (Wildman–Crippen LogP) is 0.488. The molecule has 0 radical (unpaired) electrons. The van der Waals surface area contributed by atoms with Crippen molar-refractivity contribution in [2.45, 2.75) is 13.5 Å². The number of carbonyl (C=O) groups excluding carboxylic acids is 2. The molecule has 0 saturated heterocycles. The van der Waals surface area contributed by atoms with Crippen molar-refractivity contribution in [2.24, 2.45) is 0 Å². The summed E-state index contributed by atoms with van der Waals surface area (Å²) in [6, 6.07) is 1.01. The monoisotopic (exact) mass is 321 g/mol. The van der Waals surface area contributed by atoms with Crippen LogP contribution in [0.1, 0.15) is 27.9 Å². The van der Waals surface area contributed by atoms with Gasteiger partial charge in [0.2, 0.25) is 0 Å². The van der Waals surface area contributed by atoms with Gasteiger partial charge in [0.05, 0.1) is 18.0 Å². The highest BCUT2D eigenvalue weighted by Crippen LogP contribution is 2.18. The molecule has 2 amide bonds. The Morgan fingerprint density at radius 2 is 2.17 bits per heavy atom. The summed E-state index contributed by atoms with van der Waals surface area (Å²) in [5, 5.41) is 22.8. The lowest BCUT2D eigenvalue weighted by atomic mass is 10.3. The molecule has 0 bridgehead atoms. The first-order valence-electron chi connectivity index (χ1n) is 6.63. The number of H-pyrrole nitrogens is 1. The predicted molar refractivity (Wildman–Crippen MR) is 79.1 cm³/mol. The molecule has 2 rings (SSSR count). The van der Waals surface area contributed by atoms with Crippen LogP contribution in [0, 0.1) is 10.1 Å². The summed E-state index contributed by atoms with van der Waals surface area (Å²) in [7, 11) is 3.16. The van der Waals surface area contributed by atoms with Crippen molar-refractivity contribution in [3.05, 3.63) is 33.8 Å². The van der Waals surface area contributed by atoms with E-state index in [1.165, 1.54) is 15.8 Å². The van der Waals surface area contributed by atoms with Crippen molar-refractivity contribution in [1.29, 1.82) is 0 Å². The molecule has 11 heteroatoms. The Hall–Kier alpha value is -3.24. The topological polar surface area (TPSA) is 139 Å². The van der Waals surface area contributed by atoms with Crippen LogP contribution in [0.2, 0.25) is 0 Å². The normalized spacial score (nSPS) is 10.4. The summed E-state index contributed by atoms with van der Waals surface area (Å²) in [5.41, 5.74) is 0.265. The molecule has 2 heterocycles. The van der Waals surface area contributed by atoms with Gasteiger partial charge in [-0.3, -0.25) is 14.3 Å². The number of aryl methyl sites for hydroxylation is 1. The molecule has 0 aliphatic heterocycles. The van der Waals surface area contributed by atoms with Gasteiger partial charge in [0, 0.05) is 20.6 Å². The second-order valence-electron chi connectivity index (χ2n) is 4.77. The van der Waals surface area contributed by atoms with Crippen LogP contribution in [0.25, 0.3) is 0 Å². The summed E-state index contributed by atoms with van der Waals surface area (Å²) in [4.78, 5) is 35.6. The number of hydrogen-bond acceptors (Lipinski definition) is 6.